The molecule has 0 saturated heterocycles. The van der Waals surface area contributed by atoms with Gasteiger partial charge in [0, 0.05) is 5.92 Å². The molecule has 18 heavy (non-hydrogen) atoms. The summed E-state index contributed by atoms with van der Waals surface area (Å²) >= 11 is 0. The topological polar surface area (TPSA) is 63.6 Å². The zero-order chi connectivity index (χ0) is 14.0. The standard InChI is InChI=1S/C13H20O4S/c1-10-5-7-12(8-6-10)17-18(15,16)9-11(2)13(3,4)14/h5-8,11,14H,9H2,1-4H3/t11-/m1/s1. The van der Waals surface area contributed by atoms with E-state index in [1.165, 1.54) is 0 Å². The van der Waals surface area contributed by atoms with Gasteiger partial charge in [0.15, 0.2) is 0 Å². The van der Waals surface area contributed by atoms with E-state index in [4.69, 9.17) is 4.18 Å². The number of rotatable bonds is 5. The van der Waals surface area contributed by atoms with Crippen molar-refractivity contribution in [2.45, 2.75) is 33.3 Å². The smallest absolute Gasteiger partial charge is 0.309 e. The molecule has 0 aromatic heterocycles. The molecule has 0 aliphatic heterocycles. The molecule has 1 atom stereocenters. The number of benzene rings is 1. The molecular formula is C13H20O4S. The molecule has 0 aliphatic rings. The number of aryl methyl sites for hydroxylation is 1. The van der Waals surface area contributed by atoms with Crippen LogP contribution >= 0.6 is 0 Å². The van der Waals surface area contributed by atoms with Crippen molar-refractivity contribution < 1.29 is 17.7 Å². The Labute approximate surface area is 109 Å². The monoisotopic (exact) mass is 272 g/mol. The van der Waals surface area contributed by atoms with Crippen molar-refractivity contribution in [3.63, 3.8) is 0 Å². The highest BCUT2D eigenvalue weighted by Crippen LogP contribution is 2.20. The van der Waals surface area contributed by atoms with E-state index in [1.807, 2.05) is 6.92 Å². The minimum atomic E-state index is -3.69. The molecule has 0 heterocycles. The van der Waals surface area contributed by atoms with Crippen LogP contribution in [0.1, 0.15) is 26.3 Å². The van der Waals surface area contributed by atoms with Crippen molar-refractivity contribution in [1.82, 2.24) is 0 Å². The van der Waals surface area contributed by atoms with E-state index in [2.05, 4.69) is 0 Å². The van der Waals surface area contributed by atoms with E-state index in [1.54, 1.807) is 45.0 Å². The second-order valence-electron chi connectivity index (χ2n) is 5.18. The SMILES string of the molecule is Cc1ccc(OS(=O)(=O)C[C@@H](C)C(C)(C)O)cc1. The summed E-state index contributed by atoms with van der Waals surface area (Å²) in [6.07, 6.45) is 0. The van der Waals surface area contributed by atoms with E-state index in [9.17, 15) is 13.5 Å². The minimum absolute atomic E-state index is 0.218. The summed E-state index contributed by atoms with van der Waals surface area (Å²) in [6, 6.07) is 6.79. The van der Waals surface area contributed by atoms with Crippen molar-refractivity contribution in [2.24, 2.45) is 5.92 Å². The number of aliphatic hydroxyl groups is 1. The molecule has 4 nitrogen and oxygen atoms in total. The predicted molar refractivity (Wildman–Crippen MR) is 71.1 cm³/mol. The van der Waals surface area contributed by atoms with Crippen molar-refractivity contribution >= 4 is 10.1 Å². The first-order valence-corrected chi connectivity index (χ1v) is 7.39. The van der Waals surface area contributed by atoms with Crippen LogP contribution in [0.4, 0.5) is 0 Å². The molecule has 1 N–H and O–H groups in total. The number of hydrogen-bond donors (Lipinski definition) is 1. The average molecular weight is 272 g/mol. The maximum absolute atomic E-state index is 11.8. The highest BCUT2D eigenvalue weighted by molar-refractivity contribution is 7.87. The van der Waals surface area contributed by atoms with Crippen LogP contribution in [0.15, 0.2) is 24.3 Å². The molecule has 0 spiro atoms. The molecule has 1 rings (SSSR count). The summed E-state index contributed by atoms with van der Waals surface area (Å²) in [5, 5.41) is 9.73. The van der Waals surface area contributed by atoms with Gasteiger partial charge in [-0.05, 0) is 32.9 Å². The molecule has 1 aromatic rings. The van der Waals surface area contributed by atoms with Crippen molar-refractivity contribution in [1.29, 1.82) is 0 Å². The van der Waals surface area contributed by atoms with Gasteiger partial charge < -0.3 is 9.29 Å². The Bertz CT molecular complexity index is 483. The van der Waals surface area contributed by atoms with Gasteiger partial charge in [0.2, 0.25) is 0 Å². The van der Waals surface area contributed by atoms with Crippen LogP contribution in [0.25, 0.3) is 0 Å². The van der Waals surface area contributed by atoms with Gasteiger partial charge in [0.25, 0.3) is 0 Å². The summed E-state index contributed by atoms with van der Waals surface area (Å²) in [5.74, 6) is -0.332. The molecule has 1 aromatic carbocycles. The third-order valence-electron chi connectivity index (χ3n) is 2.90. The fraction of sp³-hybridized carbons (Fsp3) is 0.538. The lowest BCUT2D eigenvalue weighted by Crippen LogP contribution is -2.35. The van der Waals surface area contributed by atoms with Gasteiger partial charge in [-0.15, -0.1) is 0 Å². The Morgan fingerprint density at radius 3 is 2.22 bits per heavy atom. The molecule has 102 valence electrons. The quantitative estimate of drug-likeness (QED) is 0.834. The lowest BCUT2D eigenvalue weighted by molar-refractivity contribution is 0.0334. The Morgan fingerprint density at radius 2 is 1.78 bits per heavy atom. The third-order valence-corrected chi connectivity index (χ3v) is 4.26. The van der Waals surface area contributed by atoms with Crippen LogP contribution in [0, 0.1) is 12.8 Å². The second-order valence-corrected chi connectivity index (χ2v) is 6.79. The Hall–Kier alpha value is -1.07. The lowest BCUT2D eigenvalue weighted by atomic mass is 9.95. The summed E-state index contributed by atoms with van der Waals surface area (Å²) in [5.41, 5.74) is -0.0198. The van der Waals surface area contributed by atoms with Gasteiger partial charge in [-0.2, -0.15) is 8.42 Å². The molecule has 0 saturated carbocycles. The highest BCUT2D eigenvalue weighted by Gasteiger charge is 2.28. The molecule has 0 amide bonds. The van der Waals surface area contributed by atoms with E-state index in [0.717, 1.165) is 5.56 Å². The van der Waals surface area contributed by atoms with Gasteiger partial charge in [-0.3, -0.25) is 0 Å². The van der Waals surface area contributed by atoms with Gasteiger partial charge in [0.05, 0.1) is 11.4 Å². The largest absolute Gasteiger partial charge is 0.390 e. The molecular weight excluding hydrogens is 252 g/mol. The summed E-state index contributed by atoms with van der Waals surface area (Å²) in [6.45, 7) is 6.75. The Morgan fingerprint density at radius 1 is 1.28 bits per heavy atom. The Kier molecular flexibility index (Phi) is 4.40. The van der Waals surface area contributed by atoms with Gasteiger partial charge in [0.1, 0.15) is 5.75 Å². The summed E-state index contributed by atoms with van der Waals surface area (Å²) in [7, 11) is -3.69. The zero-order valence-electron chi connectivity index (χ0n) is 11.2. The van der Waals surface area contributed by atoms with Crippen LogP contribution in [0.2, 0.25) is 0 Å². The van der Waals surface area contributed by atoms with Crippen LogP contribution in [0.3, 0.4) is 0 Å². The van der Waals surface area contributed by atoms with Gasteiger partial charge >= 0.3 is 10.1 Å². The fourth-order valence-corrected chi connectivity index (χ4v) is 2.78. The fourth-order valence-electron chi connectivity index (χ4n) is 1.28. The van der Waals surface area contributed by atoms with Crippen LogP contribution in [-0.4, -0.2) is 24.9 Å². The van der Waals surface area contributed by atoms with E-state index < -0.39 is 21.6 Å². The zero-order valence-corrected chi connectivity index (χ0v) is 12.0. The van der Waals surface area contributed by atoms with Gasteiger partial charge in [-0.25, -0.2) is 0 Å². The first-order chi connectivity index (χ1) is 8.10. The molecule has 0 radical (unpaired) electrons. The van der Waals surface area contributed by atoms with Crippen molar-refractivity contribution in [3.8, 4) is 5.75 Å². The van der Waals surface area contributed by atoms with E-state index in [-0.39, 0.29) is 5.75 Å². The maximum atomic E-state index is 11.8. The molecule has 0 fully saturated rings. The van der Waals surface area contributed by atoms with Crippen LogP contribution in [0.5, 0.6) is 5.75 Å². The molecule has 5 heteroatoms. The summed E-state index contributed by atoms with van der Waals surface area (Å²) in [4.78, 5) is 0. The minimum Gasteiger partial charge on any atom is -0.390 e. The van der Waals surface area contributed by atoms with Crippen molar-refractivity contribution in [2.75, 3.05) is 5.75 Å². The van der Waals surface area contributed by atoms with E-state index in [0.29, 0.717) is 5.75 Å². The summed E-state index contributed by atoms with van der Waals surface area (Å²) < 4.78 is 28.6. The lowest BCUT2D eigenvalue weighted by Gasteiger charge is -2.25. The number of hydrogen-bond acceptors (Lipinski definition) is 4. The Balaban J connectivity index is 2.74. The van der Waals surface area contributed by atoms with Crippen molar-refractivity contribution in [3.05, 3.63) is 29.8 Å². The molecule has 0 unspecified atom stereocenters. The second kappa shape index (κ2) is 5.28. The third kappa shape index (κ3) is 4.66. The van der Waals surface area contributed by atoms with Gasteiger partial charge in [-0.1, -0.05) is 24.6 Å². The normalized spacial score (nSPS) is 14.3. The average Bonchev–Trinajstić information content (AvgIpc) is 2.19. The van der Waals surface area contributed by atoms with E-state index >= 15 is 0 Å². The van der Waals surface area contributed by atoms with Crippen LogP contribution in [-0.2, 0) is 10.1 Å². The first kappa shape index (κ1) is 15.0. The van der Waals surface area contributed by atoms with Crippen LogP contribution < -0.4 is 4.18 Å². The molecule has 0 aliphatic carbocycles. The maximum Gasteiger partial charge on any atom is 0.309 e. The predicted octanol–water partition coefficient (Wildman–Crippen LogP) is 2.11. The first-order valence-electron chi connectivity index (χ1n) is 5.81. The molecule has 0 bridgehead atoms. The highest BCUT2D eigenvalue weighted by atomic mass is 32.2.